The fourth-order valence-electron chi connectivity index (χ4n) is 1.50. The minimum atomic E-state index is -3.43. The molecule has 1 amide bonds. The number of amides is 1. The van der Waals surface area contributed by atoms with Crippen molar-refractivity contribution in [2.45, 2.75) is 11.3 Å². The number of nitrogens with one attached hydrogen (secondary N) is 2. The fourth-order valence-corrected chi connectivity index (χ4v) is 2.76. The molecule has 0 aliphatic heterocycles. The van der Waals surface area contributed by atoms with Gasteiger partial charge in [0, 0.05) is 18.8 Å². The minimum absolute atomic E-state index is 0.113. The van der Waals surface area contributed by atoms with Crippen LogP contribution >= 0.6 is 0 Å². The molecule has 100 valence electrons. The molecule has 0 saturated carbocycles. The Morgan fingerprint density at radius 3 is 2.63 bits per heavy atom. The van der Waals surface area contributed by atoms with E-state index in [2.05, 4.69) is 15.3 Å². The highest BCUT2D eigenvalue weighted by molar-refractivity contribution is 7.91. The van der Waals surface area contributed by atoms with Crippen LogP contribution in [-0.4, -0.2) is 30.0 Å². The molecule has 0 bridgehead atoms. The zero-order chi connectivity index (χ0) is 13.7. The van der Waals surface area contributed by atoms with Crippen molar-refractivity contribution in [3.05, 3.63) is 42.7 Å². The average Bonchev–Trinajstić information content (AvgIpc) is 2.90. The van der Waals surface area contributed by atoms with Crippen molar-refractivity contribution in [1.82, 2.24) is 9.97 Å². The van der Waals surface area contributed by atoms with Crippen LogP contribution in [0, 0.1) is 0 Å². The van der Waals surface area contributed by atoms with Gasteiger partial charge in [-0.3, -0.25) is 10.1 Å². The van der Waals surface area contributed by atoms with Gasteiger partial charge in [0.1, 0.15) is 0 Å². The molecule has 0 fully saturated rings. The maximum atomic E-state index is 11.9. The Kier molecular flexibility index (Phi) is 3.96. The maximum absolute atomic E-state index is 11.9. The third-order valence-electron chi connectivity index (χ3n) is 2.46. The number of sulfone groups is 1. The van der Waals surface area contributed by atoms with Crippen molar-refractivity contribution in [3.63, 3.8) is 0 Å². The lowest BCUT2D eigenvalue weighted by Gasteiger charge is -2.04. The lowest BCUT2D eigenvalue weighted by Crippen LogP contribution is -2.18. The van der Waals surface area contributed by atoms with Crippen LogP contribution in [0.1, 0.15) is 6.42 Å². The van der Waals surface area contributed by atoms with Crippen LogP contribution in [0.25, 0.3) is 0 Å². The molecule has 2 rings (SSSR count). The lowest BCUT2D eigenvalue weighted by molar-refractivity contribution is -0.115. The molecule has 2 N–H and O–H groups in total. The molecule has 2 aromatic rings. The van der Waals surface area contributed by atoms with Gasteiger partial charge in [0.25, 0.3) is 0 Å². The highest BCUT2D eigenvalue weighted by Crippen LogP contribution is 2.11. The summed E-state index contributed by atoms with van der Waals surface area (Å²) in [4.78, 5) is 18.3. The predicted octanol–water partition coefficient (Wildman–Crippen LogP) is 1.21. The predicted molar refractivity (Wildman–Crippen MR) is 70.3 cm³/mol. The highest BCUT2D eigenvalue weighted by atomic mass is 32.2. The molecule has 1 aromatic carbocycles. The summed E-state index contributed by atoms with van der Waals surface area (Å²) in [6.45, 7) is 0. The van der Waals surface area contributed by atoms with Crippen LogP contribution in [-0.2, 0) is 14.6 Å². The Labute approximate surface area is 110 Å². The van der Waals surface area contributed by atoms with Gasteiger partial charge in [-0.15, -0.1) is 0 Å². The van der Waals surface area contributed by atoms with Crippen molar-refractivity contribution >= 4 is 21.7 Å². The van der Waals surface area contributed by atoms with E-state index in [4.69, 9.17) is 0 Å². The Morgan fingerprint density at radius 2 is 2.00 bits per heavy atom. The quantitative estimate of drug-likeness (QED) is 0.860. The van der Waals surface area contributed by atoms with E-state index >= 15 is 0 Å². The number of carbonyl (C=O) groups is 1. The SMILES string of the molecule is O=C(CCS(=O)(=O)c1ccccc1)Nc1ncc[nH]1. The summed E-state index contributed by atoms with van der Waals surface area (Å²) in [7, 11) is -3.43. The number of rotatable bonds is 5. The number of anilines is 1. The number of H-pyrrole nitrogens is 1. The van der Waals surface area contributed by atoms with Crippen LogP contribution in [0.3, 0.4) is 0 Å². The number of benzene rings is 1. The Bertz CT molecular complexity index is 636. The number of carbonyl (C=O) groups excluding carboxylic acids is 1. The maximum Gasteiger partial charge on any atom is 0.227 e. The first-order valence-electron chi connectivity index (χ1n) is 5.65. The third-order valence-corrected chi connectivity index (χ3v) is 4.19. The van der Waals surface area contributed by atoms with E-state index in [1.54, 1.807) is 24.4 Å². The minimum Gasteiger partial charge on any atom is -0.331 e. The first-order chi connectivity index (χ1) is 9.08. The molecule has 0 aliphatic carbocycles. The zero-order valence-corrected chi connectivity index (χ0v) is 10.9. The molecule has 0 unspecified atom stereocenters. The molecule has 0 spiro atoms. The van der Waals surface area contributed by atoms with Crippen LogP contribution in [0.4, 0.5) is 5.95 Å². The molecule has 6 nitrogen and oxygen atoms in total. The third kappa shape index (κ3) is 3.65. The van der Waals surface area contributed by atoms with Gasteiger partial charge >= 0.3 is 0 Å². The van der Waals surface area contributed by atoms with Crippen molar-refractivity contribution < 1.29 is 13.2 Å². The molecule has 0 saturated heterocycles. The first kappa shape index (κ1) is 13.3. The second kappa shape index (κ2) is 5.66. The van der Waals surface area contributed by atoms with Crippen LogP contribution in [0.2, 0.25) is 0 Å². The van der Waals surface area contributed by atoms with E-state index in [9.17, 15) is 13.2 Å². The van der Waals surface area contributed by atoms with Gasteiger partial charge in [-0.2, -0.15) is 0 Å². The lowest BCUT2D eigenvalue weighted by atomic mass is 10.4. The van der Waals surface area contributed by atoms with Crippen LogP contribution < -0.4 is 5.32 Å². The van der Waals surface area contributed by atoms with Gasteiger partial charge in [0.05, 0.1) is 10.6 Å². The van der Waals surface area contributed by atoms with Crippen molar-refractivity contribution in [3.8, 4) is 0 Å². The van der Waals surface area contributed by atoms with Gasteiger partial charge < -0.3 is 4.98 Å². The second-order valence-corrected chi connectivity index (χ2v) is 5.98. The highest BCUT2D eigenvalue weighted by Gasteiger charge is 2.16. The molecule has 0 atom stereocenters. The van der Waals surface area contributed by atoms with Gasteiger partial charge in [-0.05, 0) is 12.1 Å². The van der Waals surface area contributed by atoms with Crippen molar-refractivity contribution in [1.29, 1.82) is 0 Å². The molecule has 1 aromatic heterocycles. The van der Waals surface area contributed by atoms with E-state index in [1.807, 2.05) is 0 Å². The number of imidazole rings is 1. The Hall–Kier alpha value is -2.15. The summed E-state index contributed by atoms with van der Waals surface area (Å²) in [5.74, 6) is -0.319. The van der Waals surface area contributed by atoms with Crippen molar-refractivity contribution in [2.24, 2.45) is 0 Å². The van der Waals surface area contributed by atoms with Gasteiger partial charge in [-0.25, -0.2) is 13.4 Å². The first-order valence-corrected chi connectivity index (χ1v) is 7.30. The average molecular weight is 279 g/mol. The molecule has 0 radical (unpaired) electrons. The second-order valence-electron chi connectivity index (χ2n) is 3.87. The Balaban J connectivity index is 1.93. The Morgan fingerprint density at radius 1 is 1.26 bits per heavy atom. The smallest absolute Gasteiger partial charge is 0.227 e. The van der Waals surface area contributed by atoms with E-state index in [0.29, 0.717) is 5.95 Å². The van der Waals surface area contributed by atoms with Crippen LogP contribution in [0.5, 0.6) is 0 Å². The molecular formula is C12H13N3O3S. The number of aromatic nitrogens is 2. The number of aromatic amines is 1. The molecular weight excluding hydrogens is 266 g/mol. The topological polar surface area (TPSA) is 91.9 Å². The summed E-state index contributed by atoms with van der Waals surface area (Å²) in [5, 5.41) is 2.48. The van der Waals surface area contributed by atoms with E-state index in [0.717, 1.165) is 0 Å². The van der Waals surface area contributed by atoms with E-state index in [-0.39, 0.29) is 17.1 Å². The zero-order valence-electron chi connectivity index (χ0n) is 10.0. The van der Waals surface area contributed by atoms with Crippen LogP contribution in [0.15, 0.2) is 47.6 Å². The molecule has 1 heterocycles. The molecule has 19 heavy (non-hydrogen) atoms. The largest absolute Gasteiger partial charge is 0.331 e. The molecule has 0 aliphatic rings. The fraction of sp³-hybridized carbons (Fsp3) is 0.167. The summed E-state index contributed by atoms with van der Waals surface area (Å²) >= 11 is 0. The number of hydrogen-bond donors (Lipinski definition) is 2. The number of nitrogens with zero attached hydrogens (tertiary/aromatic N) is 1. The standard InChI is InChI=1S/C12H13N3O3S/c16-11(15-12-13-7-8-14-12)6-9-19(17,18)10-4-2-1-3-5-10/h1-5,7-8H,6,9H2,(H2,13,14,15,16). The normalized spacial score (nSPS) is 11.2. The molecule has 7 heteroatoms. The summed E-state index contributed by atoms with van der Waals surface area (Å²) < 4.78 is 23.9. The van der Waals surface area contributed by atoms with Crippen molar-refractivity contribution in [2.75, 3.05) is 11.1 Å². The van der Waals surface area contributed by atoms with E-state index < -0.39 is 15.7 Å². The van der Waals surface area contributed by atoms with Gasteiger partial charge in [-0.1, -0.05) is 18.2 Å². The van der Waals surface area contributed by atoms with E-state index in [1.165, 1.54) is 18.3 Å². The monoisotopic (exact) mass is 279 g/mol. The van der Waals surface area contributed by atoms with Gasteiger partial charge in [0.2, 0.25) is 11.9 Å². The van der Waals surface area contributed by atoms with Gasteiger partial charge in [0.15, 0.2) is 9.84 Å². The summed E-state index contributed by atoms with van der Waals surface area (Å²) in [6.07, 6.45) is 2.95. The summed E-state index contributed by atoms with van der Waals surface area (Å²) in [6, 6.07) is 8.06. The summed E-state index contributed by atoms with van der Waals surface area (Å²) in [5.41, 5.74) is 0. The number of hydrogen-bond acceptors (Lipinski definition) is 4.